The van der Waals surface area contributed by atoms with Crippen LogP contribution in [0, 0.1) is 0 Å². The molecule has 3 amide bonds. The lowest BCUT2D eigenvalue weighted by Crippen LogP contribution is -2.49. The number of nitrogens with zero attached hydrogens (tertiary/aromatic N) is 1. The number of esters is 1. The van der Waals surface area contributed by atoms with Crippen LogP contribution in [0.4, 0.5) is 10.5 Å². The van der Waals surface area contributed by atoms with Gasteiger partial charge in [-0.3, -0.25) is 9.59 Å². The van der Waals surface area contributed by atoms with E-state index in [2.05, 4.69) is 31.3 Å². The average Bonchev–Trinajstić information content (AvgIpc) is 2.81. The molecule has 8 nitrogen and oxygen atoms in total. The lowest BCUT2D eigenvalue weighted by Gasteiger charge is -2.39. The number of nitrogens with one attached hydrogen (secondary N) is 2. The molecule has 9 heteroatoms. The van der Waals surface area contributed by atoms with Crippen molar-refractivity contribution in [3.8, 4) is 5.75 Å². The normalized spacial score (nSPS) is 17.0. The number of hydrogen-bond donors (Lipinski definition) is 2. The van der Waals surface area contributed by atoms with E-state index >= 15 is 0 Å². The molecule has 166 valence electrons. The Morgan fingerprint density at radius 3 is 2.66 bits per heavy atom. The molecule has 0 spiro atoms. The topological polar surface area (TPSA) is 97.0 Å². The number of rotatable bonds is 5. The standard InChI is InChI=1S/C23H22BrN3O5/c1-31-18-8-7-13(11-16(18)24)21-15-12-27(19(28)9-10-20(29)32-2)17-6-4-3-5-14(17)22(15)26-23(30)25-21/h3-8,11,21H,9-10,12H2,1-2H3,(H2,25,26,30). The van der Waals surface area contributed by atoms with E-state index in [9.17, 15) is 14.4 Å². The van der Waals surface area contributed by atoms with Crippen LogP contribution in [0.25, 0.3) is 5.70 Å². The first-order valence-electron chi connectivity index (χ1n) is 10.0. The molecule has 2 N–H and O–H groups in total. The van der Waals surface area contributed by atoms with Gasteiger partial charge in [-0.1, -0.05) is 24.3 Å². The predicted octanol–water partition coefficient (Wildman–Crippen LogP) is 3.52. The average molecular weight is 500 g/mol. The number of amides is 3. The third kappa shape index (κ3) is 4.08. The fourth-order valence-corrected chi connectivity index (χ4v) is 4.55. The number of carbonyl (C=O) groups is 3. The quantitative estimate of drug-likeness (QED) is 0.613. The minimum atomic E-state index is -0.440. The van der Waals surface area contributed by atoms with Crippen LogP contribution in [0.5, 0.6) is 5.75 Å². The molecular formula is C23H22BrN3O5. The van der Waals surface area contributed by atoms with Crippen LogP contribution in [0.15, 0.2) is 52.5 Å². The number of fused-ring (bicyclic) bond motifs is 2. The number of halogens is 1. The van der Waals surface area contributed by atoms with Crippen LogP contribution in [0.1, 0.15) is 30.0 Å². The van der Waals surface area contributed by atoms with Crippen LogP contribution in [0.2, 0.25) is 0 Å². The summed E-state index contributed by atoms with van der Waals surface area (Å²) in [5.74, 6) is 0.0499. The molecule has 0 aromatic heterocycles. The molecule has 4 rings (SSSR count). The second-order valence-corrected chi connectivity index (χ2v) is 8.25. The van der Waals surface area contributed by atoms with Crippen molar-refractivity contribution in [2.75, 3.05) is 25.7 Å². The highest BCUT2D eigenvalue weighted by Crippen LogP contribution is 2.41. The molecule has 0 aliphatic carbocycles. The first-order chi connectivity index (χ1) is 15.4. The van der Waals surface area contributed by atoms with Crippen molar-refractivity contribution in [1.82, 2.24) is 10.6 Å². The third-order valence-electron chi connectivity index (χ3n) is 5.56. The number of benzene rings is 2. The van der Waals surface area contributed by atoms with E-state index in [1.165, 1.54) is 7.11 Å². The fraction of sp³-hybridized carbons (Fsp3) is 0.261. The van der Waals surface area contributed by atoms with Gasteiger partial charge in [0.05, 0.1) is 49.1 Å². The fourth-order valence-electron chi connectivity index (χ4n) is 3.99. The summed E-state index contributed by atoms with van der Waals surface area (Å²) in [5, 5.41) is 5.88. The van der Waals surface area contributed by atoms with Gasteiger partial charge in [0.2, 0.25) is 5.91 Å². The Kier molecular flexibility index (Phi) is 6.18. The first kappa shape index (κ1) is 21.9. The van der Waals surface area contributed by atoms with Gasteiger partial charge in [0, 0.05) is 17.6 Å². The molecule has 2 aromatic carbocycles. The number of carbonyl (C=O) groups excluding carboxylic acids is 3. The molecule has 0 saturated heterocycles. The van der Waals surface area contributed by atoms with E-state index in [0.717, 1.165) is 21.2 Å². The molecule has 32 heavy (non-hydrogen) atoms. The number of urea groups is 1. The molecule has 0 fully saturated rings. The van der Waals surface area contributed by atoms with Crippen molar-refractivity contribution in [2.24, 2.45) is 0 Å². The Morgan fingerprint density at radius 2 is 1.94 bits per heavy atom. The molecule has 2 aromatic rings. The number of anilines is 1. The molecule has 0 bridgehead atoms. The number of hydrogen-bond acceptors (Lipinski definition) is 5. The Labute approximate surface area is 193 Å². The summed E-state index contributed by atoms with van der Waals surface area (Å²) in [4.78, 5) is 38.8. The molecule has 1 unspecified atom stereocenters. The number of methoxy groups -OCH3 is 2. The molecule has 0 saturated carbocycles. The lowest BCUT2D eigenvalue weighted by molar-refractivity contribution is -0.141. The summed E-state index contributed by atoms with van der Waals surface area (Å²) in [7, 11) is 2.89. The maximum Gasteiger partial charge on any atom is 0.320 e. The van der Waals surface area contributed by atoms with Crippen LogP contribution in [0.3, 0.4) is 0 Å². The smallest absolute Gasteiger partial charge is 0.320 e. The maximum absolute atomic E-state index is 13.1. The highest BCUT2D eigenvalue weighted by Gasteiger charge is 2.36. The molecule has 0 radical (unpaired) electrons. The Balaban J connectivity index is 1.75. The van der Waals surface area contributed by atoms with Crippen LogP contribution >= 0.6 is 15.9 Å². The van der Waals surface area contributed by atoms with Crippen molar-refractivity contribution in [1.29, 1.82) is 0 Å². The van der Waals surface area contributed by atoms with E-state index < -0.39 is 12.0 Å². The van der Waals surface area contributed by atoms with Crippen molar-refractivity contribution >= 4 is 45.2 Å². The maximum atomic E-state index is 13.1. The van der Waals surface area contributed by atoms with Crippen LogP contribution < -0.4 is 20.3 Å². The molecule has 1 atom stereocenters. The lowest BCUT2D eigenvalue weighted by atomic mass is 9.88. The second kappa shape index (κ2) is 9.04. The third-order valence-corrected chi connectivity index (χ3v) is 6.18. The zero-order chi connectivity index (χ0) is 22.8. The van der Waals surface area contributed by atoms with Gasteiger partial charge in [0.25, 0.3) is 0 Å². The summed E-state index contributed by atoms with van der Waals surface area (Å²) in [6.45, 7) is 0.272. The van der Waals surface area contributed by atoms with E-state index in [0.29, 0.717) is 17.1 Å². The number of ether oxygens (including phenoxy) is 2. The van der Waals surface area contributed by atoms with E-state index in [1.54, 1.807) is 12.0 Å². The van der Waals surface area contributed by atoms with Crippen molar-refractivity contribution < 1.29 is 23.9 Å². The van der Waals surface area contributed by atoms with Gasteiger partial charge < -0.3 is 25.0 Å². The van der Waals surface area contributed by atoms with Crippen LogP contribution in [-0.2, 0) is 14.3 Å². The van der Waals surface area contributed by atoms with E-state index in [1.807, 2.05) is 42.5 Å². The van der Waals surface area contributed by atoms with Gasteiger partial charge in [0.15, 0.2) is 0 Å². The summed E-state index contributed by atoms with van der Waals surface area (Å²) in [6, 6.07) is 12.2. The van der Waals surface area contributed by atoms with Crippen molar-refractivity contribution in [2.45, 2.75) is 18.9 Å². The van der Waals surface area contributed by atoms with Gasteiger partial charge in [0.1, 0.15) is 5.75 Å². The molecule has 2 aliphatic rings. The van der Waals surface area contributed by atoms with Gasteiger partial charge in [-0.2, -0.15) is 0 Å². The zero-order valence-corrected chi connectivity index (χ0v) is 19.2. The monoisotopic (exact) mass is 499 g/mol. The van der Waals surface area contributed by atoms with Crippen LogP contribution in [-0.4, -0.2) is 38.7 Å². The second-order valence-electron chi connectivity index (χ2n) is 7.40. The minimum Gasteiger partial charge on any atom is -0.496 e. The van der Waals surface area contributed by atoms with E-state index in [4.69, 9.17) is 4.74 Å². The Hall–Kier alpha value is -3.33. The van der Waals surface area contributed by atoms with Crippen molar-refractivity contribution in [3.05, 3.63) is 63.6 Å². The summed E-state index contributed by atoms with van der Waals surface area (Å²) in [5.41, 5.74) is 3.84. The molecule has 2 heterocycles. The highest BCUT2D eigenvalue weighted by molar-refractivity contribution is 9.10. The molecular weight excluding hydrogens is 478 g/mol. The summed E-state index contributed by atoms with van der Waals surface area (Å²) in [6.07, 6.45) is 0.0336. The zero-order valence-electron chi connectivity index (χ0n) is 17.6. The summed E-state index contributed by atoms with van der Waals surface area (Å²) < 4.78 is 10.7. The molecule has 2 aliphatic heterocycles. The van der Waals surface area contributed by atoms with Gasteiger partial charge >= 0.3 is 12.0 Å². The SMILES string of the molecule is COC(=O)CCC(=O)N1CC2=C(NC(=O)NC2c2ccc(OC)c(Br)c2)c2ccccc21. The minimum absolute atomic E-state index is 0.00372. The van der Waals surface area contributed by atoms with E-state index in [-0.39, 0.29) is 31.3 Å². The number of para-hydroxylation sites is 1. The Bertz CT molecular complexity index is 1130. The van der Waals surface area contributed by atoms with Crippen molar-refractivity contribution in [3.63, 3.8) is 0 Å². The van der Waals surface area contributed by atoms with Gasteiger partial charge in [-0.15, -0.1) is 0 Å². The van der Waals surface area contributed by atoms with Gasteiger partial charge in [-0.05, 0) is 39.7 Å². The predicted molar refractivity (Wildman–Crippen MR) is 122 cm³/mol. The Morgan fingerprint density at radius 1 is 1.16 bits per heavy atom. The summed E-state index contributed by atoms with van der Waals surface area (Å²) >= 11 is 3.50. The van der Waals surface area contributed by atoms with Gasteiger partial charge in [-0.25, -0.2) is 4.79 Å². The first-order valence-corrected chi connectivity index (χ1v) is 10.8. The largest absolute Gasteiger partial charge is 0.496 e. The highest BCUT2D eigenvalue weighted by atomic mass is 79.9.